The molecule has 1 unspecified atom stereocenters. The van der Waals surface area contributed by atoms with Crippen molar-refractivity contribution in [3.05, 3.63) is 57.3 Å². The molecule has 0 aliphatic rings. The highest BCUT2D eigenvalue weighted by molar-refractivity contribution is 7.10. The Labute approximate surface area is 114 Å². The van der Waals surface area contributed by atoms with Crippen LogP contribution >= 0.6 is 11.3 Å². The lowest BCUT2D eigenvalue weighted by atomic mass is 9.91. The maximum absolute atomic E-state index is 3.26. The SMILES string of the molecule is CNCCC(c1ccc(C)c(C)c1)c1cccs1. The average Bonchev–Trinajstić information content (AvgIpc) is 2.88. The quantitative estimate of drug-likeness (QED) is 0.852. The summed E-state index contributed by atoms with van der Waals surface area (Å²) in [5, 5.41) is 5.43. The first-order valence-electron chi connectivity index (χ1n) is 6.47. The molecule has 0 spiro atoms. The number of thiophene rings is 1. The molecule has 0 saturated carbocycles. The van der Waals surface area contributed by atoms with Gasteiger partial charge in [-0.3, -0.25) is 0 Å². The molecule has 0 bridgehead atoms. The van der Waals surface area contributed by atoms with Crippen LogP contribution in [-0.4, -0.2) is 13.6 Å². The number of hydrogen-bond acceptors (Lipinski definition) is 2. The summed E-state index contributed by atoms with van der Waals surface area (Å²) in [6.45, 7) is 5.42. The summed E-state index contributed by atoms with van der Waals surface area (Å²) in [5.74, 6) is 0.525. The second-order valence-electron chi connectivity index (χ2n) is 4.80. The molecule has 0 amide bonds. The van der Waals surface area contributed by atoms with Gasteiger partial charge in [0.25, 0.3) is 0 Å². The van der Waals surface area contributed by atoms with E-state index in [9.17, 15) is 0 Å². The fraction of sp³-hybridized carbons (Fsp3) is 0.375. The third-order valence-electron chi connectivity index (χ3n) is 3.50. The van der Waals surface area contributed by atoms with Crippen LogP contribution in [0.4, 0.5) is 0 Å². The number of rotatable bonds is 5. The molecule has 2 rings (SSSR count). The van der Waals surface area contributed by atoms with Crippen LogP contribution in [0.2, 0.25) is 0 Å². The lowest BCUT2D eigenvalue weighted by Gasteiger charge is -2.17. The molecule has 0 aliphatic heterocycles. The van der Waals surface area contributed by atoms with Gasteiger partial charge in [-0.25, -0.2) is 0 Å². The van der Waals surface area contributed by atoms with E-state index in [1.807, 2.05) is 18.4 Å². The summed E-state index contributed by atoms with van der Waals surface area (Å²) in [6.07, 6.45) is 1.15. The highest BCUT2D eigenvalue weighted by Gasteiger charge is 2.15. The molecule has 0 fully saturated rings. The Morgan fingerprint density at radius 2 is 2.00 bits per heavy atom. The molecule has 1 aromatic heterocycles. The number of aryl methyl sites for hydroxylation is 2. The molecule has 18 heavy (non-hydrogen) atoms. The highest BCUT2D eigenvalue weighted by Crippen LogP contribution is 2.31. The van der Waals surface area contributed by atoms with Crippen molar-refractivity contribution in [3.8, 4) is 0 Å². The van der Waals surface area contributed by atoms with E-state index in [0.717, 1.165) is 13.0 Å². The number of hydrogen-bond donors (Lipinski definition) is 1. The van der Waals surface area contributed by atoms with E-state index in [1.54, 1.807) is 0 Å². The molecule has 2 heteroatoms. The minimum atomic E-state index is 0.525. The molecule has 2 aromatic rings. The zero-order valence-corrected chi connectivity index (χ0v) is 12.2. The second-order valence-corrected chi connectivity index (χ2v) is 5.78. The Balaban J connectivity index is 2.30. The molecule has 0 aliphatic carbocycles. The molecule has 1 atom stereocenters. The van der Waals surface area contributed by atoms with E-state index in [1.165, 1.54) is 21.6 Å². The van der Waals surface area contributed by atoms with Crippen LogP contribution in [0.1, 0.15) is 33.9 Å². The van der Waals surface area contributed by atoms with E-state index in [2.05, 4.69) is 54.9 Å². The zero-order valence-electron chi connectivity index (χ0n) is 11.4. The van der Waals surface area contributed by atoms with Gasteiger partial charge in [0.2, 0.25) is 0 Å². The molecule has 1 N–H and O–H groups in total. The second kappa shape index (κ2) is 6.17. The number of nitrogens with one attached hydrogen (secondary N) is 1. The van der Waals surface area contributed by atoms with Crippen molar-refractivity contribution < 1.29 is 0 Å². The smallest absolute Gasteiger partial charge is 0.0196 e. The maximum Gasteiger partial charge on any atom is 0.0196 e. The lowest BCUT2D eigenvalue weighted by Crippen LogP contribution is -2.12. The summed E-state index contributed by atoms with van der Waals surface area (Å²) in [5.41, 5.74) is 4.20. The van der Waals surface area contributed by atoms with Crippen molar-refractivity contribution in [1.29, 1.82) is 0 Å². The monoisotopic (exact) mass is 259 g/mol. The van der Waals surface area contributed by atoms with Gasteiger partial charge in [-0.15, -0.1) is 11.3 Å². The van der Waals surface area contributed by atoms with Gasteiger partial charge in [-0.05, 0) is 62.0 Å². The first kappa shape index (κ1) is 13.3. The Morgan fingerprint density at radius 3 is 2.61 bits per heavy atom. The van der Waals surface area contributed by atoms with Crippen molar-refractivity contribution >= 4 is 11.3 Å². The molecular formula is C16H21NS. The third-order valence-corrected chi connectivity index (χ3v) is 4.49. The Kier molecular flexibility index (Phi) is 4.56. The fourth-order valence-corrected chi connectivity index (χ4v) is 3.12. The van der Waals surface area contributed by atoms with Gasteiger partial charge in [0.15, 0.2) is 0 Å². The molecule has 1 heterocycles. The summed E-state index contributed by atoms with van der Waals surface area (Å²) in [7, 11) is 2.02. The van der Waals surface area contributed by atoms with E-state index in [4.69, 9.17) is 0 Å². The van der Waals surface area contributed by atoms with E-state index in [0.29, 0.717) is 5.92 Å². The van der Waals surface area contributed by atoms with E-state index < -0.39 is 0 Å². The molecular weight excluding hydrogens is 238 g/mol. The van der Waals surface area contributed by atoms with Crippen LogP contribution in [0.5, 0.6) is 0 Å². The van der Waals surface area contributed by atoms with Crippen LogP contribution in [0.3, 0.4) is 0 Å². The van der Waals surface area contributed by atoms with Gasteiger partial charge in [-0.2, -0.15) is 0 Å². The van der Waals surface area contributed by atoms with E-state index >= 15 is 0 Å². The highest BCUT2D eigenvalue weighted by atomic mass is 32.1. The van der Waals surface area contributed by atoms with E-state index in [-0.39, 0.29) is 0 Å². The predicted molar refractivity (Wildman–Crippen MR) is 80.6 cm³/mol. The predicted octanol–water partition coefficient (Wildman–Crippen LogP) is 4.11. The van der Waals surface area contributed by atoms with Crippen molar-refractivity contribution in [1.82, 2.24) is 5.32 Å². The van der Waals surface area contributed by atoms with Gasteiger partial charge in [-0.1, -0.05) is 24.3 Å². The Hall–Kier alpha value is -1.12. The summed E-state index contributed by atoms with van der Waals surface area (Å²) < 4.78 is 0. The van der Waals surface area contributed by atoms with Crippen molar-refractivity contribution in [2.75, 3.05) is 13.6 Å². The average molecular weight is 259 g/mol. The van der Waals surface area contributed by atoms with Crippen LogP contribution < -0.4 is 5.32 Å². The Bertz CT molecular complexity index is 488. The van der Waals surface area contributed by atoms with Gasteiger partial charge in [0, 0.05) is 10.8 Å². The molecule has 1 aromatic carbocycles. The maximum atomic E-state index is 3.26. The summed E-state index contributed by atoms with van der Waals surface area (Å²) >= 11 is 1.86. The lowest BCUT2D eigenvalue weighted by molar-refractivity contribution is 0.668. The Morgan fingerprint density at radius 1 is 1.17 bits per heavy atom. The molecule has 0 saturated heterocycles. The van der Waals surface area contributed by atoms with Crippen LogP contribution in [0, 0.1) is 13.8 Å². The standard InChI is InChI=1S/C16H21NS/c1-12-6-7-14(11-13(12)2)15(8-9-17-3)16-5-4-10-18-16/h4-7,10-11,15,17H,8-9H2,1-3H3. The van der Waals surface area contributed by atoms with Gasteiger partial charge >= 0.3 is 0 Å². The largest absolute Gasteiger partial charge is 0.320 e. The van der Waals surface area contributed by atoms with Gasteiger partial charge in [0.1, 0.15) is 0 Å². The first-order valence-corrected chi connectivity index (χ1v) is 7.35. The first-order chi connectivity index (χ1) is 8.72. The van der Waals surface area contributed by atoms with Crippen LogP contribution in [0.25, 0.3) is 0 Å². The van der Waals surface area contributed by atoms with Gasteiger partial charge < -0.3 is 5.32 Å². The minimum Gasteiger partial charge on any atom is -0.320 e. The molecule has 1 nitrogen and oxygen atoms in total. The van der Waals surface area contributed by atoms with Crippen molar-refractivity contribution in [3.63, 3.8) is 0 Å². The summed E-state index contributed by atoms with van der Waals surface area (Å²) in [6, 6.07) is 11.3. The molecule has 96 valence electrons. The topological polar surface area (TPSA) is 12.0 Å². The minimum absolute atomic E-state index is 0.525. The van der Waals surface area contributed by atoms with Crippen LogP contribution in [-0.2, 0) is 0 Å². The zero-order chi connectivity index (χ0) is 13.0. The number of benzene rings is 1. The third kappa shape index (κ3) is 3.01. The fourth-order valence-electron chi connectivity index (χ4n) is 2.23. The summed E-state index contributed by atoms with van der Waals surface area (Å²) in [4.78, 5) is 1.47. The van der Waals surface area contributed by atoms with Crippen molar-refractivity contribution in [2.24, 2.45) is 0 Å². The molecule has 0 radical (unpaired) electrons. The normalized spacial score (nSPS) is 12.6. The van der Waals surface area contributed by atoms with Crippen LogP contribution in [0.15, 0.2) is 35.7 Å². The van der Waals surface area contributed by atoms with Crippen molar-refractivity contribution in [2.45, 2.75) is 26.2 Å². The van der Waals surface area contributed by atoms with Gasteiger partial charge in [0.05, 0.1) is 0 Å².